The number of nitrogens with one attached hydrogen (secondary N) is 1. The van der Waals surface area contributed by atoms with Crippen LogP contribution < -0.4 is 5.32 Å². The lowest BCUT2D eigenvalue weighted by atomic mass is 9.94. The molecule has 18 heavy (non-hydrogen) atoms. The highest BCUT2D eigenvalue weighted by Gasteiger charge is 2.21. The van der Waals surface area contributed by atoms with Gasteiger partial charge in [0.1, 0.15) is 11.6 Å². The summed E-state index contributed by atoms with van der Waals surface area (Å²) in [5.41, 5.74) is 0.410. The molecular formula is C13H13BrFNO2. The van der Waals surface area contributed by atoms with Crippen LogP contribution in [0.4, 0.5) is 4.39 Å². The van der Waals surface area contributed by atoms with E-state index in [1.807, 2.05) is 0 Å². The molecule has 1 aromatic carbocycles. The van der Waals surface area contributed by atoms with E-state index in [0.717, 1.165) is 0 Å². The van der Waals surface area contributed by atoms with Gasteiger partial charge in [0.25, 0.3) is 5.91 Å². The first-order valence-electron chi connectivity index (χ1n) is 5.84. The number of carbonyl (C=O) groups is 2. The van der Waals surface area contributed by atoms with Gasteiger partial charge in [0.05, 0.1) is 5.56 Å². The van der Waals surface area contributed by atoms with Crippen molar-refractivity contribution in [1.29, 1.82) is 0 Å². The molecule has 1 N–H and O–H groups in total. The van der Waals surface area contributed by atoms with Crippen molar-refractivity contribution in [2.75, 3.05) is 0 Å². The molecule has 0 aliphatic heterocycles. The van der Waals surface area contributed by atoms with Gasteiger partial charge in [-0.05, 0) is 47.0 Å². The molecule has 2 rings (SSSR count). The van der Waals surface area contributed by atoms with Crippen LogP contribution in [-0.2, 0) is 4.79 Å². The highest BCUT2D eigenvalue weighted by molar-refractivity contribution is 9.10. The van der Waals surface area contributed by atoms with Crippen LogP contribution in [0.2, 0.25) is 0 Å². The second kappa shape index (κ2) is 5.61. The van der Waals surface area contributed by atoms with E-state index in [2.05, 4.69) is 21.2 Å². The third-order valence-corrected chi connectivity index (χ3v) is 3.71. The Hall–Kier alpha value is -1.23. The zero-order valence-corrected chi connectivity index (χ0v) is 11.3. The fourth-order valence-electron chi connectivity index (χ4n) is 2.02. The Morgan fingerprint density at radius 2 is 2.00 bits per heavy atom. The zero-order chi connectivity index (χ0) is 13.1. The predicted molar refractivity (Wildman–Crippen MR) is 68.8 cm³/mol. The van der Waals surface area contributed by atoms with E-state index < -0.39 is 0 Å². The summed E-state index contributed by atoms with van der Waals surface area (Å²) >= 11 is 3.17. The van der Waals surface area contributed by atoms with Crippen LogP contribution in [0.1, 0.15) is 36.0 Å². The van der Waals surface area contributed by atoms with Crippen LogP contribution >= 0.6 is 15.9 Å². The minimum atomic E-state index is -0.387. The fraction of sp³-hybridized carbons (Fsp3) is 0.385. The number of benzene rings is 1. The molecule has 1 amide bonds. The summed E-state index contributed by atoms with van der Waals surface area (Å²) in [5.74, 6) is -0.369. The molecular weight excluding hydrogens is 301 g/mol. The molecule has 1 aliphatic rings. The van der Waals surface area contributed by atoms with Crippen molar-refractivity contribution in [2.24, 2.45) is 0 Å². The molecule has 1 fully saturated rings. The molecule has 0 spiro atoms. The van der Waals surface area contributed by atoms with E-state index >= 15 is 0 Å². The number of ketones is 1. The second-order valence-electron chi connectivity index (χ2n) is 4.41. The van der Waals surface area contributed by atoms with Crippen molar-refractivity contribution in [3.05, 3.63) is 34.1 Å². The standard InChI is InChI=1S/C13H13BrFNO2/c14-12-7-8(15)1-6-11(12)13(18)16-9-2-4-10(17)5-3-9/h1,6-7,9H,2-5H2,(H,16,18). The van der Waals surface area contributed by atoms with Gasteiger partial charge in [0.15, 0.2) is 0 Å². The largest absolute Gasteiger partial charge is 0.349 e. The van der Waals surface area contributed by atoms with Crippen molar-refractivity contribution < 1.29 is 14.0 Å². The molecule has 1 saturated carbocycles. The molecule has 0 radical (unpaired) electrons. The summed E-state index contributed by atoms with van der Waals surface area (Å²) < 4.78 is 13.4. The van der Waals surface area contributed by atoms with Crippen molar-refractivity contribution in [2.45, 2.75) is 31.7 Å². The van der Waals surface area contributed by atoms with Gasteiger partial charge in [-0.3, -0.25) is 9.59 Å². The summed E-state index contributed by atoms with van der Waals surface area (Å²) in [6, 6.07) is 4.00. The fourth-order valence-corrected chi connectivity index (χ4v) is 2.55. The molecule has 0 atom stereocenters. The van der Waals surface area contributed by atoms with Gasteiger partial charge in [-0.1, -0.05) is 0 Å². The maximum atomic E-state index is 12.9. The SMILES string of the molecule is O=C1CCC(NC(=O)c2ccc(F)cc2Br)CC1. The molecule has 0 aromatic heterocycles. The number of carbonyl (C=O) groups excluding carboxylic acids is 2. The summed E-state index contributed by atoms with van der Waals surface area (Å²) in [6.45, 7) is 0. The van der Waals surface area contributed by atoms with Gasteiger partial charge < -0.3 is 5.32 Å². The highest BCUT2D eigenvalue weighted by atomic mass is 79.9. The summed E-state index contributed by atoms with van der Waals surface area (Å²) in [4.78, 5) is 23.1. The molecule has 5 heteroatoms. The molecule has 3 nitrogen and oxygen atoms in total. The van der Waals surface area contributed by atoms with E-state index in [9.17, 15) is 14.0 Å². The smallest absolute Gasteiger partial charge is 0.252 e. The Bertz CT molecular complexity index is 480. The van der Waals surface area contributed by atoms with Gasteiger partial charge in [-0.15, -0.1) is 0 Å². The van der Waals surface area contributed by atoms with Crippen LogP contribution in [-0.4, -0.2) is 17.7 Å². The Morgan fingerprint density at radius 3 is 2.61 bits per heavy atom. The number of rotatable bonds is 2. The van der Waals surface area contributed by atoms with Crippen LogP contribution in [0.5, 0.6) is 0 Å². The maximum Gasteiger partial charge on any atom is 0.252 e. The topological polar surface area (TPSA) is 46.2 Å². The normalized spacial score (nSPS) is 16.7. The first kappa shape index (κ1) is 13.2. The van der Waals surface area contributed by atoms with Gasteiger partial charge in [0, 0.05) is 23.4 Å². The zero-order valence-electron chi connectivity index (χ0n) is 9.71. The Kier molecular flexibility index (Phi) is 4.11. The summed E-state index contributed by atoms with van der Waals surface area (Å²) in [6.07, 6.45) is 2.41. The molecule has 0 saturated heterocycles. The first-order valence-corrected chi connectivity index (χ1v) is 6.63. The van der Waals surface area contributed by atoms with Crippen molar-refractivity contribution >= 4 is 27.6 Å². The Balaban J connectivity index is 2.01. The molecule has 0 bridgehead atoms. The van der Waals surface area contributed by atoms with Crippen molar-refractivity contribution in [1.82, 2.24) is 5.32 Å². The monoisotopic (exact) mass is 313 g/mol. The van der Waals surface area contributed by atoms with E-state index in [4.69, 9.17) is 0 Å². The molecule has 0 heterocycles. The third kappa shape index (κ3) is 3.16. The lowest BCUT2D eigenvalue weighted by Crippen LogP contribution is -2.37. The van der Waals surface area contributed by atoms with E-state index in [1.165, 1.54) is 18.2 Å². The number of amides is 1. The average Bonchev–Trinajstić information content (AvgIpc) is 2.32. The van der Waals surface area contributed by atoms with Gasteiger partial charge >= 0.3 is 0 Å². The van der Waals surface area contributed by atoms with Crippen LogP contribution in [0.15, 0.2) is 22.7 Å². The van der Waals surface area contributed by atoms with E-state index in [1.54, 1.807) is 0 Å². The van der Waals surface area contributed by atoms with Crippen molar-refractivity contribution in [3.8, 4) is 0 Å². The lowest BCUT2D eigenvalue weighted by Gasteiger charge is -2.22. The average molecular weight is 314 g/mol. The van der Waals surface area contributed by atoms with E-state index in [0.29, 0.717) is 35.7 Å². The molecule has 96 valence electrons. The highest BCUT2D eigenvalue weighted by Crippen LogP contribution is 2.20. The molecule has 1 aromatic rings. The lowest BCUT2D eigenvalue weighted by molar-refractivity contribution is -0.120. The van der Waals surface area contributed by atoms with E-state index in [-0.39, 0.29) is 23.5 Å². The van der Waals surface area contributed by atoms with Gasteiger partial charge in [-0.2, -0.15) is 0 Å². The van der Waals surface area contributed by atoms with Gasteiger partial charge in [0.2, 0.25) is 0 Å². The maximum absolute atomic E-state index is 12.9. The first-order chi connectivity index (χ1) is 8.56. The second-order valence-corrected chi connectivity index (χ2v) is 5.26. The molecule has 0 unspecified atom stereocenters. The summed E-state index contributed by atoms with van der Waals surface area (Å²) in [5, 5.41) is 2.87. The molecule has 1 aliphatic carbocycles. The predicted octanol–water partition coefficient (Wildman–Crippen LogP) is 2.83. The number of Topliss-reactive ketones (excluding diaryl/α,β-unsaturated/α-hetero) is 1. The third-order valence-electron chi connectivity index (χ3n) is 3.05. The number of hydrogen-bond acceptors (Lipinski definition) is 2. The number of hydrogen-bond donors (Lipinski definition) is 1. The quantitative estimate of drug-likeness (QED) is 0.912. The number of halogens is 2. The Labute approximate surface area is 113 Å². The minimum absolute atomic E-state index is 0.0344. The van der Waals surface area contributed by atoms with Crippen LogP contribution in [0, 0.1) is 5.82 Å². The summed E-state index contributed by atoms with van der Waals surface area (Å²) in [7, 11) is 0. The van der Waals surface area contributed by atoms with Gasteiger partial charge in [-0.25, -0.2) is 4.39 Å². The van der Waals surface area contributed by atoms with Crippen LogP contribution in [0.25, 0.3) is 0 Å². The van der Waals surface area contributed by atoms with Crippen LogP contribution in [0.3, 0.4) is 0 Å². The minimum Gasteiger partial charge on any atom is -0.349 e. The van der Waals surface area contributed by atoms with Crippen molar-refractivity contribution in [3.63, 3.8) is 0 Å². The Morgan fingerprint density at radius 1 is 1.33 bits per heavy atom.